The molecule has 2 aromatic rings. The van der Waals surface area contributed by atoms with Gasteiger partial charge in [-0.1, -0.05) is 53.0 Å². The van der Waals surface area contributed by atoms with Crippen molar-refractivity contribution in [2.24, 2.45) is 0 Å². The van der Waals surface area contributed by atoms with E-state index in [0.717, 1.165) is 29.7 Å². The summed E-state index contributed by atoms with van der Waals surface area (Å²) >= 11 is 19.7. The lowest BCUT2D eigenvalue weighted by atomic mass is 10.1. The topological polar surface area (TPSA) is 67.4 Å². The Hall–Kier alpha value is -1.47. The molecule has 1 heterocycles. The number of thiophene rings is 1. The Bertz CT molecular complexity index is 850. The first kappa shape index (κ1) is 20.3. The summed E-state index contributed by atoms with van der Waals surface area (Å²) in [5, 5.41) is 6.23. The predicted molar refractivity (Wildman–Crippen MR) is 109 cm³/mol. The van der Waals surface area contributed by atoms with Crippen molar-refractivity contribution in [3.8, 4) is 0 Å². The Morgan fingerprint density at radius 3 is 2.52 bits per heavy atom. The fourth-order valence-corrected chi connectivity index (χ4v) is 4.59. The van der Waals surface area contributed by atoms with Crippen molar-refractivity contribution < 1.29 is 14.3 Å². The molecule has 0 bridgehead atoms. The minimum atomic E-state index is -1.84. The summed E-state index contributed by atoms with van der Waals surface area (Å²) in [7, 11) is 1.33. The number of carbonyl (C=O) groups excluding carboxylic acids is 2. The van der Waals surface area contributed by atoms with Gasteiger partial charge in [0.15, 0.2) is 0 Å². The van der Waals surface area contributed by atoms with Gasteiger partial charge in [-0.25, -0.2) is 4.79 Å². The molecule has 1 atom stereocenters. The van der Waals surface area contributed by atoms with Crippen LogP contribution in [0.2, 0.25) is 0 Å². The second kappa shape index (κ2) is 8.27. The third-order valence-corrected chi connectivity index (χ3v) is 6.10. The number of amides is 1. The fourth-order valence-electron chi connectivity index (χ4n) is 2.96. The number of methoxy groups -OCH3 is 1. The van der Waals surface area contributed by atoms with Gasteiger partial charge >= 0.3 is 5.97 Å². The summed E-state index contributed by atoms with van der Waals surface area (Å²) in [4.78, 5) is 25.9. The molecule has 0 radical (unpaired) electrons. The zero-order valence-electron chi connectivity index (χ0n) is 14.4. The minimum Gasteiger partial charge on any atom is -0.465 e. The molecular formula is C18H17Cl3N2O3S. The molecule has 1 aromatic heterocycles. The van der Waals surface area contributed by atoms with E-state index in [0.29, 0.717) is 16.1 Å². The van der Waals surface area contributed by atoms with E-state index in [9.17, 15) is 9.59 Å². The zero-order chi connectivity index (χ0) is 19.6. The Balaban J connectivity index is 1.88. The maximum absolute atomic E-state index is 12.5. The fraction of sp³-hybridized carbons (Fsp3) is 0.333. The second-order valence-corrected chi connectivity index (χ2v) is 9.49. The molecule has 1 unspecified atom stereocenters. The lowest BCUT2D eigenvalue weighted by molar-refractivity contribution is 0.0601. The molecule has 144 valence electrons. The Labute approximate surface area is 175 Å². The minimum absolute atomic E-state index is 0.400. The van der Waals surface area contributed by atoms with Crippen LogP contribution in [0.3, 0.4) is 0 Å². The standard InChI is InChI=1S/C18H17Cl3N2O3S/c1-26-16(25)13-11-8-5-9-12(11)27-15(13)23-17(18(19,20)21)22-14(24)10-6-3-2-4-7-10/h2-4,6-7,17,23H,5,8-9H2,1H3,(H,22,24). The molecule has 0 aliphatic heterocycles. The van der Waals surface area contributed by atoms with E-state index in [1.165, 1.54) is 18.4 Å². The monoisotopic (exact) mass is 446 g/mol. The number of halogens is 3. The number of benzene rings is 1. The average molecular weight is 448 g/mol. The van der Waals surface area contributed by atoms with Crippen LogP contribution in [0.15, 0.2) is 30.3 Å². The predicted octanol–water partition coefficient (Wildman–Crippen LogP) is 4.56. The molecule has 5 nitrogen and oxygen atoms in total. The first-order chi connectivity index (χ1) is 12.8. The van der Waals surface area contributed by atoms with Gasteiger partial charge in [0.05, 0.1) is 12.7 Å². The highest BCUT2D eigenvalue weighted by Gasteiger charge is 2.37. The molecule has 1 amide bonds. The molecule has 0 saturated carbocycles. The second-order valence-electron chi connectivity index (χ2n) is 6.01. The van der Waals surface area contributed by atoms with Crippen molar-refractivity contribution in [1.82, 2.24) is 5.32 Å². The molecule has 0 spiro atoms. The van der Waals surface area contributed by atoms with Gasteiger partial charge in [-0.05, 0) is 37.0 Å². The van der Waals surface area contributed by atoms with Crippen LogP contribution in [0.25, 0.3) is 0 Å². The van der Waals surface area contributed by atoms with Crippen LogP contribution >= 0.6 is 46.1 Å². The van der Waals surface area contributed by atoms with Gasteiger partial charge in [0.25, 0.3) is 5.91 Å². The molecule has 1 aromatic carbocycles. The summed E-state index contributed by atoms with van der Waals surface area (Å²) < 4.78 is 3.08. The van der Waals surface area contributed by atoms with Crippen molar-refractivity contribution in [3.05, 3.63) is 51.9 Å². The van der Waals surface area contributed by atoms with Gasteiger partial charge < -0.3 is 15.4 Å². The molecule has 2 N–H and O–H groups in total. The van der Waals surface area contributed by atoms with Gasteiger partial charge in [0.1, 0.15) is 11.2 Å². The number of alkyl halides is 3. The number of fused-ring (bicyclic) bond motifs is 1. The van der Waals surface area contributed by atoms with E-state index >= 15 is 0 Å². The van der Waals surface area contributed by atoms with E-state index in [2.05, 4.69) is 10.6 Å². The Morgan fingerprint density at radius 2 is 1.89 bits per heavy atom. The molecule has 27 heavy (non-hydrogen) atoms. The molecule has 0 fully saturated rings. The molecule has 0 saturated heterocycles. The molecule has 9 heteroatoms. The van der Waals surface area contributed by atoms with Gasteiger partial charge in [-0.15, -0.1) is 11.3 Å². The van der Waals surface area contributed by atoms with E-state index in [4.69, 9.17) is 39.5 Å². The van der Waals surface area contributed by atoms with Crippen LogP contribution in [-0.2, 0) is 17.6 Å². The smallest absolute Gasteiger partial charge is 0.341 e. The third-order valence-electron chi connectivity index (χ3n) is 4.22. The number of nitrogens with one attached hydrogen (secondary N) is 2. The van der Waals surface area contributed by atoms with Gasteiger partial charge in [-0.3, -0.25) is 4.79 Å². The summed E-state index contributed by atoms with van der Waals surface area (Å²) in [5.41, 5.74) is 1.84. The van der Waals surface area contributed by atoms with Crippen LogP contribution in [-0.4, -0.2) is 28.9 Å². The largest absolute Gasteiger partial charge is 0.465 e. The van der Waals surface area contributed by atoms with Gasteiger partial charge in [0.2, 0.25) is 3.79 Å². The van der Waals surface area contributed by atoms with Gasteiger partial charge in [0, 0.05) is 10.4 Å². The number of rotatable bonds is 5. The normalized spacial score (nSPS) is 14.4. The highest BCUT2D eigenvalue weighted by molar-refractivity contribution is 7.16. The number of ether oxygens (including phenoxy) is 1. The number of carbonyl (C=O) groups is 2. The van der Waals surface area contributed by atoms with Crippen LogP contribution in [0.5, 0.6) is 0 Å². The van der Waals surface area contributed by atoms with Crippen molar-refractivity contribution in [2.75, 3.05) is 12.4 Å². The summed E-state index contributed by atoms with van der Waals surface area (Å²) in [6, 6.07) is 8.60. The van der Waals surface area contributed by atoms with Crippen molar-refractivity contribution >= 4 is 63.0 Å². The van der Waals surface area contributed by atoms with Crippen LogP contribution in [0.4, 0.5) is 5.00 Å². The quantitative estimate of drug-likeness (QED) is 0.400. The van der Waals surface area contributed by atoms with E-state index in [1.807, 2.05) is 0 Å². The van der Waals surface area contributed by atoms with Crippen molar-refractivity contribution in [1.29, 1.82) is 0 Å². The number of hydrogen-bond donors (Lipinski definition) is 2. The first-order valence-corrected chi connectivity index (χ1v) is 10.2. The lowest BCUT2D eigenvalue weighted by Crippen LogP contribution is -2.49. The van der Waals surface area contributed by atoms with E-state index < -0.39 is 21.8 Å². The highest BCUT2D eigenvalue weighted by Crippen LogP contribution is 2.41. The maximum atomic E-state index is 12.5. The van der Waals surface area contributed by atoms with Crippen molar-refractivity contribution in [3.63, 3.8) is 0 Å². The molecule has 3 rings (SSSR count). The summed E-state index contributed by atoms with van der Waals surface area (Å²) in [6.45, 7) is 0. The van der Waals surface area contributed by atoms with Crippen LogP contribution in [0.1, 0.15) is 37.6 Å². The molecule has 1 aliphatic carbocycles. The molecule has 1 aliphatic rings. The number of anilines is 1. The number of aryl methyl sites for hydroxylation is 1. The van der Waals surface area contributed by atoms with Crippen LogP contribution in [0, 0.1) is 0 Å². The lowest BCUT2D eigenvalue weighted by Gasteiger charge is -2.27. The first-order valence-electron chi connectivity index (χ1n) is 8.23. The number of hydrogen-bond acceptors (Lipinski definition) is 5. The van der Waals surface area contributed by atoms with Crippen molar-refractivity contribution in [2.45, 2.75) is 29.2 Å². The van der Waals surface area contributed by atoms with Crippen LogP contribution < -0.4 is 10.6 Å². The maximum Gasteiger partial charge on any atom is 0.341 e. The SMILES string of the molecule is COC(=O)c1c(NC(NC(=O)c2ccccc2)C(Cl)(Cl)Cl)sc2c1CCC2. The Kier molecular flexibility index (Phi) is 6.21. The third kappa shape index (κ3) is 4.51. The summed E-state index contributed by atoms with van der Waals surface area (Å²) in [5.74, 6) is -0.850. The molecular weight excluding hydrogens is 431 g/mol. The zero-order valence-corrected chi connectivity index (χ0v) is 17.4. The number of esters is 1. The van der Waals surface area contributed by atoms with Gasteiger partial charge in [-0.2, -0.15) is 0 Å². The van der Waals surface area contributed by atoms with E-state index in [1.54, 1.807) is 30.3 Å². The average Bonchev–Trinajstić information content (AvgIpc) is 3.21. The van der Waals surface area contributed by atoms with E-state index in [-0.39, 0.29) is 0 Å². The Morgan fingerprint density at radius 1 is 1.19 bits per heavy atom. The highest BCUT2D eigenvalue weighted by atomic mass is 35.6. The summed E-state index contributed by atoms with van der Waals surface area (Å²) in [6.07, 6.45) is 1.63.